The van der Waals surface area contributed by atoms with Crippen LogP contribution in [-0.2, 0) is 10.8 Å². The third-order valence-corrected chi connectivity index (χ3v) is 13.2. The molecule has 57 heavy (non-hydrogen) atoms. The highest BCUT2D eigenvalue weighted by Crippen LogP contribution is 2.54. The molecule has 3 nitrogen and oxygen atoms in total. The maximum Gasteiger partial charge on any atom is 0.159 e. The van der Waals surface area contributed by atoms with Gasteiger partial charge in [0.15, 0.2) is 5.58 Å². The molecular weight excluding hydrogens is 693 g/mol. The van der Waals surface area contributed by atoms with Gasteiger partial charge in [0.25, 0.3) is 0 Å². The molecule has 2 aromatic heterocycles. The zero-order chi connectivity index (χ0) is 38.2. The van der Waals surface area contributed by atoms with Gasteiger partial charge in [-0.15, -0.1) is 0 Å². The van der Waals surface area contributed by atoms with E-state index in [0.29, 0.717) is 0 Å². The molecule has 0 spiro atoms. The van der Waals surface area contributed by atoms with E-state index in [2.05, 4.69) is 207 Å². The minimum atomic E-state index is -0.242. The number of nitrogens with zero attached hydrogens (tertiary/aromatic N) is 2. The van der Waals surface area contributed by atoms with E-state index in [-0.39, 0.29) is 10.8 Å². The van der Waals surface area contributed by atoms with Gasteiger partial charge in [-0.3, -0.25) is 0 Å². The minimum absolute atomic E-state index is 0.130. The first-order valence-corrected chi connectivity index (χ1v) is 20.0. The number of hydrogen-bond acceptors (Lipinski definition) is 2. The summed E-state index contributed by atoms with van der Waals surface area (Å²) in [5.74, 6) is 0. The molecule has 0 aliphatic heterocycles. The van der Waals surface area contributed by atoms with Gasteiger partial charge in [0, 0.05) is 49.4 Å². The number of benzene rings is 8. The summed E-state index contributed by atoms with van der Waals surface area (Å²) >= 11 is 0. The second-order valence-electron chi connectivity index (χ2n) is 16.9. The van der Waals surface area contributed by atoms with Crippen molar-refractivity contribution in [2.75, 3.05) is 4.90 Å². The van der Waals surface area contributed by atoms with Crippen molar-refractivity contribution < 1.29 is 4.42 Å². The van der Waals surface area contributed by atoms with Gasteiger partial charge in [0.2, 0.25) is 0 Å². The molecule has 0 fully saturated rings. The molecule has 0 N–H and O–H groups in total. The number of para-hydroxylation sites is 4. The van der Waals surface area contributed by atoms with Crippen molar-refractivity contribution >= 4 is 60.8 Å². The molecular formula is C54H40N2O. The van der Waals surface area contributed by atoms with Crippen molar-refractivity contribution in [3.63, 3.8) is 0 Å². The zero-order valence-electron chi connectivity index (χ0n) is 32.5. The average molecular weight is 733 g/mol. The van der Waals surface area contributed by atoms with E-state index in [4.69, 9.17) is 4.42 Å². The van der Waals surface area contributed by atoms with Crippen LogP contribution in [0.1, 0.15) is 49.9 Å². The molecule has 2 heterocycles. The van der Waals surface area contributed by atoms with Gasteiger partial charge in [-0.05, 0) is 105 Å². The molecule has 0 saturated heterocycles. The Balaban J connectivity index is 1.05. The first-order valence-electron chi connectivity index (χ1n) is 20.0. The average Bonchev–Trinajstić information content (AvgIpc) is 3.92. The summed E-state index contributed by atoms with van der Waals surface area (Å²) in [5, 5.41) is 4.80. The zero-order valence-corrected chi connectivity index (χ0v) is 32.5. The summed E-state index contributed by atoms with van der Waals surface area (Å²) in [6.45, 7) is 9.48. The molecule has 12 rings (SSSR count). The number of anilines is 3. The maximum atomic E-state index is 6.74. The highest BCUT2D eigenvalue weighted by Gasteiger charge is 2.38. The van der Waals surface area contributed by atoms with Crippen molar-refractivity contribution in [2.45, 2.75) is 38.5 Å². The van der Waals surface area contributed by atoms with Gasteiger partial charge in [-0.25, -0.2) is 0 Å². The molecule has 272 valence electrons. The summed E-state index contributed by atoms with van der Waals surface area (Å²) < 4.78 is 9.17. The first kappa shape index (κ1) is 32.4. The fourth-order valence-electron chi connectivity index (χ4n) is 10.4. The number of furan rings is 1. The Hall–Kier alpha value is -6.84. The van der Waals surface area contributed by atoms with Crippen LogP contribution in [0.4, 0.5) is 17.1 Å². The lowest BCUT2D eigenvalue weighted by atomic mass is 9.82. The van der Waals surface area contributed by atoms with Crippen molar-refractivity contribution in [1.29, 1.82) is 0 Å². The lowest BCUT2D eigenvalue weighted by Crippen LogP contribution is -2.18. The Kier molecular flexibility index (Phi) is 6.46. The summed E-state index contributed by atoms with van der Waals surface area (Å²) in [7, 11) is 0. The molecule has 0 bridgehead atoms. The van der Waals surface area contributed by atoms with Crippen LogP contribution in [0.25, 0.3) is 71.7 Å². The molecule has 0 unspecified atom stereocenters. The fraction of sp³-hybridized carbons (Fsp3) is 0.111. The second kappa shape index (κ2) is 11.4. The summed E-state index contributed by atoms with van der Waals surface area (Å²) in [5.41, 5.74) is 18.9. The van der Waals surface area contributed by atoms with E-state index in [0.717, 1.165) is 39.0 Å². The third kappa shape index (κ3) is 4.37. The lowest BCUT2D eigenvalue weighted by molar-refractivity contribution is 0.659. The predicted molar refractivity (Wildman–Crippen MR) is 238 cm³/mol. The van der Waals surface area contributed by atoms with Crippen LogP contribution in [0.3, 0.4) is 0 Å². The number of rotatable bonds is 4. The van der Waals surface area contributed by atoms with Crippen LogP contribution >= 0.6 is 0 Å². The minimum Gasteiger partial charge on any atom is -0.454 e. The summed E-state index contributed by atoms with van der Waals surface area (Å²) in [6.07, 6.45) is 0. The predicted octanol–water partition coefficient (Wildman–Crippen LogP) is 14.8. The van der Waals surface area contributed by atoms with Gasteiger partial charge in [0.1, 0.15) is 5.58 Å². The monoisotopic (exact) mass is 732 g/mol. The Morgan fingerprint density at radius 1 is 0.421 bits per heavy atom. The molecule has 0 radical (unpaired) electrons. The smallest absolute Gasteiger partial charge is 0.159 e. The van der Waals surface area contributed by atoms with Crippen LogP contribution in [0.2, 0.25) is 0 Å². The van der Waals surface area contributed by atoms with E-state index >= 15 is 0 Å². The standard InChI is InChI=1S/C54H40N2O/c1-53(2)44-19-9-5-14-36(44)37-27-24-33(30-45(37)53)55(50-22-13-18-43-42-17-8-12-23-51(42)57-52(43)50)34-25-28-38-39-29-26-35(32-47(39)54(3,4)46(38)31-34)56-48-20-10-6-15-40(48)41-16-7-11-21-49(41)56/h5-32H,1-4H3. The van der Waals surface area contributed by atoms with Crippen LogP contribution < -0.4 is 4.90 Å². The Morgan fingerprint density at radius 3 is 1.61 bits per heavy atom. The topological polar surface area (TPSA) is 21.3 Å². The van der Waals surface area contributed by atoms with Gasteiger partial charge in [-0.2, -0.15) is 0 Å². The Bertz CT molecular complexity index is 3270. The normalized spacial score (nSPS) is 14.6. The van der Waals surface area contributed by atoms with Crippen molar-refractivity contribution in [3.05, 3.63) is 192 Å². The van der Waals surface area contributed by atoms with E-state index in [9.17, 15) is 0 Å². The largest absolute Gasteiger partial charge is 0.454 e. The number of aromatic nitrogens is 1. The number of hydrogen-bond donors (Lipinski definition) is 0. The molecule has 3 heteroatoms. The highest BCUT2D eigenvalue weighted by molar-refractivity contribution is 6.11. The molecule has 0 atom stereocenters. The van der Waals surface area contributed by atoms with Crippen LogP contribution in [0.15, 0.2) is 174 Å². The van der Waals surface area contributed by atoms with Gasteiger partial charge >= 0.3 is 0 Å². The maximum absolute atomic E-state index is 6.74. The lowest BCUT2D eigenvalue weighted by Gasteiger charge is -2.29. The third-order valence-electron chi connectivity index (χ3n) is 13.2. The number of fused-ring (bicyclic) bond motifs is 12. The molecule has 0 saturated carbocycles. The second-order valence-corrected chi connectivity index (χ2v) is 16.9. The van der Waals surface area contributed by atoms with Crippen LogP contribution in [-0.4, -0.2) is 4.57 Å². The quantitative estimate of drug-likeness (QED) is 0.180. The molecule has 8 aromatic carbocycles. The summed E-state index contributed by atoms with van der Waals surface area (Å²) in [6, 6.07) is 62.5. The van der Waals surface area contributed by atoms with Gasteiger partial charge in [-0.1, -0.05) is 137 Å². The van der Waals surface area contributed by atoms with Crippen molar-refractivity contribution in [1.82, 2.24) is 4.57 Å². The molecule has 2 aliphatic rings. The van der Waals surface area contributed by atoms with Crippen molar-refractivity contribution in [2.24, 2.45) is 0 Å². The Morgan fingerprint density at radius 2 is 0.930 bits per heavy atom. The Labute approximate surface area is 332 Å². The fourth-order valence-corrected chi connectivity index (χ4v) is 10.4. The summed E-state index contributed by atoms with van der Waals surface area (Å²) in [4.78, 5) is 2.42. The van der Waals surface area contributed by atoms with E-state index in [1.165, 1.54) is 72.0 Å². The molecule has 0 amide bonds. The van der Waals surface area contributed by atoms with Crippen LogP contribution in [0.5, 0.6) is 0 Å². The highest BCUT2D eigenvalue weighted by atomic mass is 16.3. The van der Waals surface area contributed by atoms with Crippen molar-refractivity contribution in [3.8, 4) is 27.9 Å². The van der Waals surface area contributed by atoms with E-state index in [1.807, 2.05) is 0 Å². The van der Waals surface area contributed by atoms with E-state index < -0.39 is 0 Å². The first-order chi connectivity index (χ1) is 27.8. The molecule has 10 aromatic rings. The van der Waals surface area contributed by atoms with E-state index in [1.54, 1.807) is 0 Å². The van der Waals surface area contributed by atoms with Gasteiger partial charge < -0.3 is 13.9 Å². The SMILES string of the molecule is CC1(C)c2ccccc2-c2ccc(N(c3ccc4c(c3)C(C)(C)c3cc(-n5c6ccccc6c6ccccc65)ccc3-4)c3cccc4c3oc3ccccc34)cc21. The van der Waals surface area contributed by atoms with Crippen LogP contribution in [0, 0.1) is 0 Å². The van der Waals surface area contributed by atoms with Gasteiger partial charge in [0.05, 0.1) is 16.7 Å². The molecule has 2 aliphatic carbocycles.